The third-order valence-corrected chi connectivity index (χ3v) is 6.63. The molecule has 1 amide bonds. The number of nitrogens with zero attached hydrogens (tertiary/aromatic N) is 3. The number of carbonyl (C=O) groups excluding carboxylic acids is 1. The molecule has 3 aromatic rings. The number of pyridine rings is 1. The van der Waals surface area contributed by atoms with Gasteiger partial charge in [-0.25, -0.2) is 4.98 Å². The molecule has 1 fully saturated rings. The molecule has 2 aliphatic heterocycles. The van der Waals surface area contributed by atoms with E-state index >= 15 is 0 Å². The van der Waals surface area contributed by atoms with Gasteiger partial charge in [0, 0.05) is 6.20 Å². The highest BCUT2D eigenvalue weighted by Crippen LogP contribution is 2.36. The van der Waals surface area contributed by atoms with Crippen LogP contribution in [0.4, 0.5) is 5.82 Å². The largest absolute Gasteiger partial charge is 0.454 e. The van der Waals surface area contributed by atoms with E-state index in [9.17, 15) is 9.59 Å². The van der Waals surface area contributed by atoms with Gasteiger partial charge in [0.15, 0.2) is 11.5 Å². The van der Waals surface area contributed by atoms with Crippen LogP contribution in [-0.2, 0) is 11.3 Å². The number of nitrogens with one attached hydrogen (secondary N) is 1. The number of thioether (sulfide) groups is 1. The Morgan fingerprint density at radius 3 is 2.91 bits per heavy atom. The molecular weight excluding hydrogens is 460 g/mol. The van der Waals surface area contributed by atoms with Gasteiger partial charge in [-0.3, -0.25) is 18.9 Å². The Morgan fingerprint density at radius 2 is 2.09 bits per heavy atom. The minimum Gasteiger partial charge on any atom is -0.454 e. The van der Waals surface area contributed by atoms with Gasteiger partial charge in [0.1, 0.15) is 15.8 Å². The molecule has 0 spiro atoms. The topological polar surface area (TPSA) is 85.2 Å². The van der Waals surface area contributed by atoms with E-state index in [1.54, 1.807) is 12.3 Å². The maximum atomic E-state index is 13.2. The molecule has 0 saturated carbocycles. The smallest absolute Gasteiger partial charge is 0.267 e. The minimum absolute atomic E-state index is 0.179. The standard InChI is InChI=1S/C23H18N4O4S2/c1-3-24-19-15(21(28)26-8-4-5-13(2)20(26)25-19)10-18-22(29)27(23(32)33-18)11-14-6-7-16-17(9-14)31-12-30-16/h3-10,24H,1,11-12H2,2H3/b18-10-. The van der Waals surface area contributed by atoms with E-state index in [-0.39, 0.29) is 30.4 Å². The predicted molar refractivity (Wildman–Crippen MR) is 131 cm³/mol. The van der Waals surface area contributed by atoms with Crippen molar-refractivity contribution in [3.63, 3.8) is 0 Å². The lowest BCUT2D eigenvalue weighted by atomic mass is 10.2. The number of ether oxygens (including phenoxy) is 2. The zero-order valence-corrected chi connectivity index (χ0v) is 19.2. The second-order valence-corrected chi connectivity index (χ2v) is 9.04. The van der Waals surface area contributed by atoms with Crippen LogP contribution in [-0.4, -0.2) is 31.3 Å². The van der Waals surface area contributed by atoms with E-state index in [1.165, 1.54) is 21.6 Å². The zero-order chi connectivity index (χ0) is 23.1. The van der Waals surface area contributed by atoms with Crippen molar-refractivity contribution in [3.8, 4) is 11.5 Å². The Kier molecular flexibility index (Phi) is 5.39. The van der Waals surface area contributed by atoms with Crippen molar-refractivity contribution in [2.75, 3.05) is 12.1 Å². The first-order valence-corrected chi connectivity index (χ1v) is 11.2. The van der Waals surface area contributed by atoms with Gasteiger partial charge in [-0.05, 0) is 48.5 Å². The number of carbonyl (C=O) groups is 1. The molecule has 0 unspecified atom stereocenters. The van der Waals surface area contributed by atoms with Crippen LogP contribution in [0.5, 0.6) is 11.5 Å². The normalized spacial score (nSPS) is 16.2. The number of aryl methyl sites for hydroxylation is 1. The Morgan fingerprint density at radius 1 is 1.27 bits per heavy atom. The maximum absolute atomic E-state index is 13.2. The van der Waals surface area contributed by atoms with Gasteiger partial charge in [-0.15, -0.1) is 0 Å². The molecule has 10 heteroatoms. The number of benzene rings is 1. The van der Waals surface area contributed by atoms with E-state index in [4.69, 9.17) is 21.7 Å². The van der Waals surface area contributed by atoms with Crippen LogP contribution < -0.4 is 20.3 Å². The molecule has 4 heterocycles. The number of amides is 1. The summed E-state index contributed by atoms with van der Waals surface area (Å²) < 4.78 is 12.6. The molecule has 2 aliphatic rings. The predicted octanol–water partition coefficient (Wildman–Crippen LogP) is 3.69. The van der Waals surface area contributed by atoms with Crippen molar-refractivity contribution >= 4 is 51.7 Å². The summed E-state index contributed by atoms with van der Waals surface area (Å²) in [6, 6.07) is 9.16. The molecule has 0 aliphatic carbocycles. The van der Waals surface area contributed by atoms with E-state index < -0.39 is 0 Å². The van der Waals surface area contributed by atoms with Crippen molar-refractivity contribution < 1.29 is 14.3 Å². The molecule has 8 nitrogen and oxygen atoms in total. The van der Waals surface area contributed by atoms with Gasteiger partial charge >= 0.3 is 0 Å². The van der Waals surface area contributed by atoms with E-state index in [1.807, 2.05) is 31.2 Å². The molecule has 166 valence electrons. The van der Waals surface area contributed by atoms with Crippen molar-refractivity contribution in [2.24, 2.45) is 0 Å². The summed E-state index contributed by atoms with van der Waals surface area (Å²) >= 11 is 6.61. The number of anilines is 1. The summed E-state index contributed by atoms with van der Waals surface area (Å²) in [5.41, 5.74) is 2.19. The van der Waals surface area contributed by atoms with Crippen LogP contribution in [0.3, 0.4) is 0 Å². The average Bonchev–Trinajstić information content (AvgIpc) is 3.37. The van der Waals surface area contributed by atoms with Gasteiger partial charge in [-0.1, -0.05) is 42.7 Å². The summed E-state index contributed by atoms with van der Waals surface area (Å²) in [5, 5.41) is 2.91. The van der Waals surface area contributed by atoms with Gasteiger partial charge < -0.3 is 14.8 Å². The van der Waals surface area contributed by atoms with E-state index in [0.29, 0.717) is 32.2 Å². The highest BCUT2D eigenvalue weighted by Gasteiger charge is 2.33. The second kappa shape index (κ2) is 8.38. The number of thiocarbonyl (C=S) groups is 1. The highest BCUT2D eigenvalue weighted by molar-refractivity contribution is 8.26. The summed E-state index contributed by atoms with van der Waals surface area (Å²) in [6.07, 6.45) is 4.63. The summed E-state index contributed by atoms with van der Waals surface area (Å²) in [7, 11) is 0. The van der Waals surface area contributed by atoms with Crippen molar-refractivity contribution in [3.05, 3.63) is 81.3 Å². The molecule has 0 bridgehead atoms. The summed E-state index contributed by atoms with van der Waals surface area (Å²) in [4.78, 5) is 32.8. The maximum Gasteiger partial charge on any atom is 0.267 e. The third-order valence-electron chi connectivity index (χ3n) is 5.25. The van der Waals surface area contributed by atoms with Gasteiger partial charge in [0.05, 0.1) is 17.0 Å². The molecular formula is C23H18N4O4S2. The molecule has 1 N–H and O–H groups in total. The highest BCUT2D eigenvalue weighted by atomic mass is 32.2. The number of fused-ring (bicyclic) bond motifs is 2. The SMILES string of the molecule is C=CNc1nc2c(C)cccn2c(=O)c1/C=C1\SC(=S)N(Cc2ccc3c(c2)OCO3)C1=O. The third kappa shape index (κ3) is 3.77. The average molecular weight is 479 g/mol. The monoisotopic (exact) mass is 478 g/mol. The van der Waals surface area contributed by atoms with Gasteiger partial charge in [-0.2, -0.15) is 0 Å². The molecule has 0 radical (unpaired) electrons. The van der Waals surface area contributed by atoms with Gasteiger partial charge in [0.2, 0.25) is 6.79 Å². The van der Waals surface area contributed by atoms with E-state index in [2.05, 4.69) is 16.9 Å². The fraction of sp³-hybridized carbons (Fsp3) is 0.130. The van der Waals surface area contributed by atoms with Crippen LogP contribution in [0.2, 0.25) is 0 Å². The Bertz CT molecular complexity index is 1430. The fourth-order valence-electron chi connectivity index (χ4n) is 3.64. The first kappa shape index (κ1) is 21.2. The zero-order valence-electron chi connectivity index (χ0n) is 17.5. The first-order valence-electron chi connectivity index (χ1n) is 9.99. The summed E-state index contributed by atoms with van der Waals surface area (Å²) in [6.45, 7) is 6.01. The Hall–Kier alpha value is -3.63. The van der Waals surface area contributed by atoms with Gasteiger partial charge in [0.25, 0.3) is 11.5 Å². The first-order chi connectivity index (χ1) is 16.0. The molecule has 1 saturated heterocycles. The van der Waals surface area contributed by atoms with Crippen molar-refractivity contribution in [1.82, 2.24) is 14.3 Å². The molecule has 33 heavy (non-hydrogen) atoms. The van der Waals surface area contributed by atoms with Crippen LogP contribution in [0.15, 0.2) is 59.0 Å². The van der Waals surface area contributed by atoms with Crippen LogP contribution in [0.1, 0.15) is 16.7 Å². The Balaban J connectivity index is 1.51. The second-order valence-electron chi connectivity index (χ2n) is 7.37. The quantitative estimate of drug-likeness (QED) is 0.439. The number of rotatable bonds is 5. The number of aromatic nitrogens is 2. The summed E-state index contributed by atoms with van der Waals surface area (Å²) in [5.74, 6) is 1.36. The van der Waals surface area contributed by atoms with Crippen LogP contribution in [0, 0.1) is 6.92 Å². The van der Waals surface area contributed by atoms with Crippen LogP contribution >= 0.6 is 24.0 Å². The molecule has 5 rings (SSSR count). The molecule has 0 atom stereocenters. The minimum atomic E-state index is -0.297. The van der Waals surface area contributed by atoms with E-state index in [0.717, 1.165) is 22.9 Å². The number of hydrogen-bond donors (Lipinski definition) is 1. The lowest BCUT2D eigenvalue weighted by Gasteiger charge is -2.14. The fourth-order valence-corrected chi connectivity index (χ4v) is 4.87. The lowest BCUT2D eigenvalue weighted by molar-refractivity contribution is -0.122. The van der Waals surface area contributed by atoms with Crippen LogP contribution in [0.25, 0.3) is 11.7 Å². The Labute approximate surface area is 198 Å². The number of hydrogen-bond acceptors (Lipinski definition) is 8. The lowest BCUT2D eigenvalue weighted by Crippen LogP contribution is -2.27. The van der Waals surface area contributed by atoms with Crippen molar-refractivity contribution in [2.45, 2.75) is 13.5 Å². The van der Waals surface area contributed by atoms with Crippen molar-refractivity contribution in [1.29, 1.82) is 0 Å². The molecule has 1 aromatic carbocycles. The molecule has 2 aromatic heterocycles.